The van der Waals surface area contributed by atoms with Gasteiger partial charge in [0.05, 0.1) is 18.8 Å². The van der Waals surface area contributed by atoms with Crippen LogP contribution in [0, 0.1) is 5.92 Å². The second kappa shape index (κ2) is 6.49. The summed E-state index contributed by atoms with van der Waals surface area (Å²) in [6.45, 7) is 6.15. The Morgan fingerprint density at radius 2 is 2.17 bits per heavy atom. The molecule has 5 heteroatoms. The quantitative estimate of drug-likeness (QED) is 0.859. The van der Waals surface area contributed by atoms with Crippen LogP contribution in [0.2, 0.25) is 0 Å². The van der Waals surface area contributed by atoms with Crippen LogP contribution in [0.4, 0.5) is 10.5 Å². The molecule has 1 aromatic carbocycles. The highest BCUT2D eigenvalue weighted by molar-refractivity contribution is 5.90. The van der Waals surface area contributed by atoms with Gasteiger partial charge < -0.3 is 9.47 Å². The van der Waals surface area contributed by atoms with E-state index in [9.17, 15) is 4.79 Å². The lowest BCUT2D eigenvalue weighted by Gasteiger charge is -2.34. The molecule has 3 aliphatic heterocycles. The van der Waals surface area contributed by atoms with E-state index in [0.717, 1.165) is 45.0 Å². The molecular weight excluding hydrogens is 292 g/mol. The molecule has 5 nitrogen and oxygen atoms in total. The maximum absolute atomic E-state index is 11.9. The van der Waals surface area contributed by atoms with Crippen LogP contribution in [-0.4, -0.2) is 50.4 Å². The third-order valence-corrected chi connectivity index (χ3v) is 5.14. The second-order valence-electron chi connectivity index (χ2n) is 6.75. The first-order valence-corrected chi connectivity index (χ1v) is 8.66. The number of amides is 1. The van der Waals surface area contributed by atoms with Gasteiger partial charge in [-0.05, 0) is 42.4 Å². The molecule has 0 saturated carbocycles. The molecule has 0 N–H and O–H groups in total. The van der Waals surface area contributed by atoms with Crippen molar-refractivity contribution in [3.8, 4) is 0 Å². The first-order valence-electron chi connectivity index (χ1n) is 8.66. The van der Waals surface area contributed by atoms with Gasteiger partial charge in [-0.3, -0.25) is 9.80 Å². The summed E-state index contributed by atoms with van der Waals surface area (Å²) in [4.78, 5) is 16.2. The number of cyclic esters (lactones) is 1. The van der Waals surface area contributed by atoms with Crippen LogP contribution in [-0.2, 0) is 22.4 Å². The van der Waals surface area contributed by atoms with Gasteiger partial charge in [-0.2, -0.15) is 0 Å². The van der Waals surface area contributed by atoms with E-state index in [1.54, 1.807) is 4.90 Å². The number of benzene rings is 1. The molecule has 23 heavy (non-hydrogen) atoms. The highest BCUT2D eigenvalue weighted by atomic mass is 16.6. The third-order valence-electron chi connectivity index (χ3n) is 5.14. The second-order valence-corrected chi connectivity index (χ2v) is 6.75. The van der Waals surface area contributed by atoms with Crippen LogP contribution in [0.5, 0.6) is 0 Å². The lowest BCUT2D eigenvalue weighted by atomic mass is 9.95. The number of hydrogen-bond donors (Lipinski definition) is 0. The summed E-state index contributed by atoms with van der Waals surface area (Å²) < 4.78 is 10.7. The largest absolute Gasteiger partial charge is 0.447 e. The predicted molar refractivity (Wildman–Crippen MR) is 87.7 cm³/mol. The molecule has 2 saturated heterocycles. The molecule has 0 radical (unpaired) electrons. The van der Waals surface area contributed by atoms with Crippen molar-refractivity contribution < 1.29 is 14.3 Å². The van der Waals surface area contributed by atoms with E-state index in [-0.39, 0.29) is 6.09 Å². The Hall–Kier alpha value is -1.59. The number of hydrogen-bond acceptors (Lipinski definition) is 4. The van der Waals surface area contributed by atoms with Crippen LogP contribution in [0.25, 0.3) is 0 Å². The lowest BCUT2D eigenvalue weighted by molar-refractivity contribution is 0.0364. The topological polar surface area (TPSA) is 42.0 Å². The van der Waals surface area contributed by atoms with Crippen molar-refractivity contribution in [2.24, 2.45) is 5.92 Å². The predicted octanol–water partition coefficient (Wildman–Crippen LogP) is 2.43. The zero-order valence-electron chi connectivity index (χ0n) is 13.5. The van der Waals surface area contributed by atoms with Gasteiger partial charge in [0.1, 0.15) is 6.61 Å². The van der Waals surface area contributed by atoms with Gasteiger partial charge in [0, 0.05) is 26.2 Å². The summed E-state index contributed by atoms with van der Waals surface area (Å²) in [6, 6.07) is 6.31. The van der Waals surface area contributed by atoms with Crippen molar-refractivity contribution in [3.63, 3.8) is 0 Å². The van der Waals surface area contributed by atoms with Crippen molar-refractivity contribution in [3.05, 3.63) is 29.3 Å². The summed E-state index contributed by atoms with van der Waals surface area (Å²) in [7, 11) is 0. The summed E-state index contributed by atoms with van der Waals surface area (Å²) in [6.07, 6.45) is 3.27. The zero-order chi connectivity index (χ0) is 15.6. The van der Waals surface area contributed by atoms with Crippen molar-refractivity contribution in [1.82, 2.24) is 4.90 Å². The Kier molecular flexibility index (Phi) is 4.23. The minimum absolute atomic E-state index is 0.208. The van der Waals surface area contributed by atoms with E-state index < -0.39 is 0 Å². The summed E-state index contributed by atoms with van der Waals surface area (Å²) >= 11 is 0. The lowest BCUT2D eigenvalue weighted by Crippen LogP contribution is -2.38. The van der Waals surface area contributed by atoms with Crippen molar-refractivity contribution in [2.75, 3.05) is 44.4 Å². The molecule has 124 valence electrons. The van der Waals surface area contributed by atoms with Crippen LogP contribution < -0.4 is 4.90 Å². The number of carbonyl (C=O) groups is 1. The highest BCUT2D eigenvalue weighted by Crippen LogP contribution is 2.31. The molecule has 3 heterocycles. The molecule has 0 spiro atoms. The van der Waals surface area contributed by atoms with E-state index in [1.165, 1.54) is 24.0 Å². The molecule has 1 aromatic rings. The molecule has 4 rings (SSSR count). The normalized spacial score (nSPS) is 25.3. The van der Waals surface area contributed by atoms with E-state index in [0.29, 0.717) is 19.1 Å². The Balaban J connectivity index is 1.48. The van der Waals surface area contributed by atoms with Gasteiger partial charge in [0.15, 0.2) is 0 Å². The molecular formula is C18H24N2O3. The van der Waals surface area contributed by atoms with Crippen molar-refractivity contribution in [1.29, 1.82) is 0 Å². The molecule has 0 aliphatic carbocycles. The van der Waals surface area contributed by atoms with Gasteiger partial charge in [-0.1, -0.05) is 12.1 Å². The Morgan fingerprint density at radius 3 is 2.96 bits per heavy atom. The molecule has 0 aromatic heterocycles. The smallest absolute Gasteiger partial charge is 0.414 e. The first-order chi connectivity index (χ1) is 11.3. The minimum atomic E-state index is -0.208. The van der Waals surface area contributed by atoms with E-state index in [2.05, 4.69) is 23.1 Å². The average Bonchev–Trinajstić information content (AvgIpc) is 3.01. The number of fused-ring (bicyclic) bond motifs is 1. The van der Waals surface area contributed by atoms with Crippen LogP contribution >= 0.6 is 0 Å². The fraction of sp³-hybridized carbons (Fsp3) is 0.611. The number of nitrogens with zero attached hydrogens (tertiary/aromatic N) is 2. The molecule has 1 amide bonds. The number of rotatable bonds is 3. The summed E-state index contributed by atoms with van der Waals surface area (Å²) in [5.74, 6) is 0.669. The Bertz CT molecular complexity index is 584. The van der Waals surface area contributed by atoms with E-state index in [4.69, 9.17) is 9.47 Å². The number of anilines is 1. The maximum atomic E-state index is 11.9. The summed E-state index contributed by atoms with van der Waals surface area (Å²) in [5, 5.41) is 0. The molecule has 3 aliphatic rings. The van der Waals surface area contributed by atoms with Crippen LogP contribution in [0.3, 0.4) is 0 Å². The number of carbonyl (C=O) groups excluding carboxylic acids is 1. The van der Waals surface area contributed by atoms with Gasteiger partial charge in [0.2, 0.25) is 0 Å². The average molecular weight is 316 g/mol. The first kappa shape index (κ1) is 15.0. The van der Waals surface area contributed by atoms with Crippen LogP contribution in [0.15, 0.2) is 18.2 Å². The molecule has 1 atom stereocenters. The number of ether oxygens (including phenoxy) is 2. The fourth-order valence-electron chi connectivity index (χ4n) is 3.99. The molecule has 0 bridgehead atoms. The SMILES string of the molecule is O=C1OCCN1c1cccc2c1CCN(CC1CCCOC1)C2. The molecule has 2 fully saturated rings. The maximum Gasteiger partial charge on any atom is 0.414 e. The zero-order valence-corrected chi connectivity index (χ0v) is 13.5. The fourth-order valence-corrected chi connectivity index (χ4v) is 3.99. The van der Waals surface area contributed by atoms with Gasteiger partial charge in [-0.15, -0.1) is 0 Å². The molecule has 1 unspecified atom stereocenters. The monoisotopic (exact) mass is 316 g/mol. The Morgan fingerprint density at radius 1 is 1.22 bits per heavy atom. The highest BCUT2D eigenvalue weighted by Gasteiger charge is 2.29. The van der Waals surface area contributed by atoms with Gasteiger partial charge >= 0.3 is 6.09 Å². The van der Waals surface area contributed by atoms with Gasteiger partial charge in [0.25, 0.3) is 0 Å². The third kappa shape index (κ3) is 3.08. The van der Waals surface area contributed by atoms with Crippen LogP contribution in [0.1, 0.15) is 24.0 Å². The van der Waals surface area contributed by atoms with Crippen molar-refractivity contribution in [2.45, 2.75) is 25.8 Å². The van der Waals surface area contributed by atoms with Gasteiger partial charge in [-0.25, -0.2) is 4.79 Å². The Labute approximate surface area is 137 Å². The van der Waals surface area contributed by atoms with E-state index in [1.807, 2.05) is 0 Å². The summed E-state index contributed by atoms with van der Waals surface area (Å²) in [5.41, 5.74) is 3.72. The standard InChI is InChI=1S/C18H24N2O3/c21-18-20(8-10-23-18)17-5-1-4-15-12-19(7-6-16(15)17)11-14-3-2-9-22-13-14/h1,4-5,14H,2-3,6-13H2. The van der Waals surface area contributed by atoms with Crippen molar-refractivity contribution >= 4 is 11.8 Å². The minimum Gasteiger partial charge on any atom is -0.447 e. The van der Waals surface area contributed by atoms with E-state index >= 15 is 0 Å².